The summed E-state index contributed by atoms with van der Waals surface area (Å²) in [5.41, 5.74) is 8.94. The lowest BCUT2D eigenvalue weighted by Crippen LogP contribution is -2.07. The van der Waals surface area contributed by atoms with Crippen molar-refractivity contribution in [3.8, 4) is 5.75 Å². The van der Waals surface area contributed by atoms with Crippen LogP contribution in [0.2, 0.25) is 0 Å². The summed E-state index contributed by atoms with van der Waals surface area (Å²) in [6, 6.07) is 16.2. The van der Waals surface area contributed by atoms with Crippen molar-refractivity contribution in [3.05, 3.63) is 60.4 Å². The molecular formula is C17H19N3O. The predicted molar refractivity (Wildman–Crippen MR) is 84.4 cm³/mol. The Balaban J connectivity index is 1.58. The fraction of sp³-hybridized carbons (Fsp3) is 0.235. The fourth-order valence-corrected chi connectivity index (χ4v) is 2.37. The van der Waals surface area contributed by atoms with E-state index in [2.05, 4.69) is 27.8 Å². The minimum atomic E-state index is 0.622. The molecule has 108 valence electrons. The van der Waals surface area contributed by atoms with Crippen molar-refractivity contribution in [3.63, 3.8) is 0 Å². The smallest absolute Gasteiger partial charge is 0.119 e. The largest absolute Gasteiger partial charge is 0.492 e. The summed E-state index contributed by atoms with van der Waals surface area (Å²) in [5.74, 6) is 0.889. The molecule has 3 aromatic rings. The first-order valence-corrected chi connectivity index (χ1v) is 7.18. The number of benzene rings is 2. The van der Waals surface area contributed by atoms with Crippen molar-refractivity contribution in [1.82, 2.24) is 9.55 Å². The minimum absolute atomic E-state index is 0.622. The molecule has 2 N–H and O–H groups in total. The van der Waals surface area contributed by atoms with Gasteiger partial charge in [0.15, 0.2) is 0 Å². The molecule has 2 aromatic carbocycles. The van der Waals surface area contributed by atoms with Gasteiger partial charge in [-0.1, -0.05) is 24.3 Å². The molecule has 0 radical (unpaired) electrons. The zero-order valence-electron chi connectivity index (χ0n) is 11.9. The second kappa shape index (κ2) is 6.41. The third kappa shape index (κ3) is 3.23. The molecule has 21 heavy (non-hydrogen) atoms. The van der Waals surface area contributed by atoms with E-state index in [4.69, 9.17) is 10.5 Å². The van der Waals surface area contributed by atoms with Gasteiger partial charge in [0.1, 0.15) is 12.4 Å². The Kier molecular flexibility index (Phi) is 4.17. The molecule has 0 saturated heterocycles. The van der Waals surface area contributed by atoms with Crippen LogP contribution in [-0.4, -0.2) is 22.7 Å². The van der Waals surface area contributed by atoms with Crippen molar-refractivity contribution >= 4 is 11.0 Å². The number of rotatable bonds is 6. The number of ether oxygens (including phenoxy) is 1. The highest BCUT2D eigenvalue weighted by molar-refractivity contribution is 5.74. The third-order valence-corrected chi connectivity index (χ3v) is 3.48. The lowest BCUT2D eigenvalue weighted by atomic mass is 10.1. The number of para-hydroxylation sites is 2. The van der Waals surface area contributed by atoms with Gasteiger partial charge in [-0.3, -0.25) is 0 Å². The molecule has 0 atom stereocenters. The maximum atomic E-state index is 5.78. The average Bonchev–Trinajstić information content (AvgIpc) is 2.93. The minimum Gasteiger partial charge on any atom is -0.492 e. The van der Waals surface area contributed by atoms with Crippen molar-refractivity contribution < 1.29 is 4.74 Å². The molecule has 1 aromatic heterocycles. The van der Waals surface area contributed by atoms with Crippen molar-refractivity contribution in [2.75, 3.05) is 13.2 Å². The number of aromatic nitrogens is 2. The van der Waals surface area contributed by atoms with Gasteiger partial charge in [-0.05, 0) is 42.8 Å². The van der Waals surface area contributed by atoms with E-state index < -0.39 is 0 Å². The molecule has 0 amide bonds. The maximum absolute atomic E-state index is 5.78. The van der Waals surface area contributed by atoms with Crippen LogP contribution in [0.1, 0.15) is 5.56 Å². The van der Waals surface area contributed by atoms with Gasteiger partial charge in [-0.2, -0.15) is 0 Å². The first kappa shape index (κ1) is 13.6. The highest BCUT2D eigenvalue weighted by atomic mass is 16.5. The van der Waals surface area contributed by atoms with Gasteiger partial charge in [-0.25, -0.2) is 4.98 Å². The van der Waals surface area contributed by atoms with E-state index in [9.17, 15) is 0 Å². The molecule has 4 heteroatoms. The monoisotopic (exact) mass is 281 g/mol. The zero-order valence-corrected chi connectivity index (χ0v) is 11.9. The van der Waals surface area contributed by atoms with Crippen LogP contribution >= 0.6 is 0 Å². The zero-order chi connectivity index (χ0) is 14.5. The molecule has 0 unspecified atom stereocenters. The lowest BCUT2D eigenvalue weighted by Gasteiger charge is -2.08. The summed E-state index contributed by atoms with van der Waals surface area (Å²) in [5, 5.41) is 0. The third-order valence-electron chi connectivity index (χ3n) is 3.48. The summed E-state index contributed by atoms with van der Waals surface area (Å²) < 4.78 is 7.89. The van der Waals surface area contributed by atoms with Gasteiger partial charge in [0.25, 0.3) is 0 Å². The molecule has 0 spiro atoms. The Morgan fingerprint density at radius 1 is 1.05 bits per heavy atom. The van der Waals surface area contributed by atoms with Crippen LogP contribution in [0.15, 0.2) is 54.9 Å². The Morgan fingerprint density at radius 3 is 2.67 bits per heavy atom. The Labute approximate surface area is 124 Å². The molecule has 0 aliphatic rings. The number of nitrogens with zero attached hydrogens (tertiary/aromatic N) is 2. The summed E-state index contributed by atoms with van der Waals surface area (Å²) in [4.78, 5) is 4.37. The summed E-state index contributed by atoms with van der Waals surface area (Å²) in [6.45, 7) is 2.08. The Hall–Kier alpha value is -2.33. The number of fused-ring (bicyclic) bond motifs is 1. The summed E-state index contributed by atoms with van der Waals surface area (Å²) >= 11 is 0. The van der Waals surface area contributed by atoms with E-state index in [1.807, 2.05) is 36.7 Å². The van der Waals surface area contributed by atoms with E-state index in [-0.39, 0.29) is 0 Å². The van der Waals surface area contributed by atoms with Crippen LogP contribution in [0.25, 0.3) is 11.0 Å². The average molecular weight is 281 g/mol. The molecule has 0 saturated carbocycles. The van der Waals surface area contributed by atoms with Crippen LogP contribution in [0.3, 0.4) is 0 Å². The van der Waals surface area contributed by atoms with Gasteiger partial charge in [0, 0.05) is 0 Å². The fourth-order valence-electron chi connectivity index (χ4n) is 2.37. The van der Waals surface area contributed by atoms with Crippen LogP contribution in [-0.2, 0) is 13.0 Å². The molecule has 0 aliphatic heterocycles. The first-order chi connectivity index (χ1) is 10.4. The van der Waals surface area contributed by atoms with Gasteiger partial charge in [0.05, 0.1) is 23.9 Å². The van der Waals surface area contributed by atoms with Gasteiger partial charge >= 0.3 is 0 Å². The number of imidazole rings is 1. The number of nitrogens with two attached hydrogens (primary N) is 1. The van der Waals surface area contributed by atoms with E-state index >= 15 is 0 Å². The molecule has 0 fully saturated rings. The molecule has 3 rings (SSSR count). The normalized spacial score (nSPS) is 10.9. The van der Waals surface area contributed by atoms with E-state index in [1.54, 1.807) is 0 Å². The van der Waals surface area contributed by atoms with Crippen LogP contribution in [0.5, 0.6) is 5.75 Å². The van der Waals surface area contributed by atoms with Crippen molar-refractivity contribution in [1.29, 1.82) is 0 Å². The molecule has 1 heterocycles. The summed E-state index contributed by atoms with van der Waals surface area (Å²) in [7, 11) is 0. The SMILES string of the molecule is NCCc1ccc(OCCn2cnc3ccccc32)cc1. The van der Waals surface area contributed by atoms with Crippen LogP contribution < -0.4 is 10.5 Å². The quantitative estimate of drug-likeness (QED) is 0.755. The highest BCUT2D eigenvalue weighted by Crippen LogP contribution is 2.14. The van der Waals surface area contributed by atoms with Gasteiger partial charge in [-0.15, -0.1) is 0 Å². The Morgan fingerprint density at radius 2 is 1.86 bits per heavy atom. The van der Waals surface area contributed by atoms with E-state index in [0.717, 1.165) is 29.7 Å². The van der Waals surface area contributed by atoms with Crippen molar-refractivity contribution in [2.24, 2.45) is 5.73 Å². The van der Waals surface area contributed by atoms with Crippen LogP contribution in [0, 0.1) is 0 Å². The second-order valence-electron chi connectivity index (χ2n) is 4.96. The standard InChI is InChI=1S/C17H19N3O/c18-10-9-14-5-7-15(8-6-14)21-12-11-20-13-19-16-3-1-2-4-17(16)20/h1-8,13H,9-12,18H2. The van der Waals surface area contributed by atoms with E-state index in [0.29, 0.717) is 13.2 Å². The first-order valence-electron chi connectivity index (χ1n) is 7.18. The van der Waals surface area contributed by atoms with Crippen molar-refractivity contribution in [2.45, 2.75) is 13.0 Å². The predicted octanol–water partition coefficient (Wildman–Crippen LogP) is 2.62. The number of hydrogen-bond donors (Lipinski definition) is 1. The van der Waals surface area contributed by atoms with Gasteiger partial charge in [0.2, 0.25) is 0 Å². The van der Waals surface area contributed by atoms with Gasteiger partial charge < -0.3 is 15.0 Å². The van der Waals surface area contributed by atoms with E-state index in [1.165, 1.54) is 5.56 Å². The number of hydrogen-bond acceptors (Lipinski definition) is 3. The second-order valence-corrected chi connectivity index (χ2v) is 4.96. The molecule has 4 nitrogen and oxygen atoms in total. The highest BCUT2D eigenvalue weighted by Gasteiger charge is 2.01. The molecule has 0 aliphatic carbocycles. The topological polar surface area (TPSA) is 53.1 Å². The Bertz CT molecular complexity index is 703. The summed E-state index contributed by atoms with van der Waals surface area (Å²) in [6.07, 6.45) is 2.76. The van der Waals surface area contributed by atoms with Crippen LogP contribution in [0.4, 0.5) is 0 Å². The molecule has 0 bridgehead atoms. The lowest BCUT2D eigenvalue weighted by molar-refractivity contribution is 0.300. The maximum Gasteiger partial charge on any atom is 0.119 e. The molecular weight excluding hydrogens is 262 g/mol.